The van der Waals surface area contributed by atoms with Crippen LogP contribution in [0.3, 0.4) is 0 Å². The fourth-order valence-electron chi connectivity index (χ4n) is 2.09. The molecule has 21 heavy (non-hydrogen) atoms. The second-order valence-electron chi connectivity index (χ2n) is 4.68. The topological polar surface area (TPSA) is 35.0 Å². The van der Waals surface area contributed by atoms with E-state index in [1.54, 1.807) is 13.0 Å². The van der Waals surface area contributed by atoms with Crippen molar-refractivity contribution in [2.24, 2.45) is 0 Å². The summed E-state index contributed by atoms with van der Waals surface area (Å²) in [5.74, 6) is 0.144. The highest BCUT2D eigenvalue weighted by molar-refractivity contribution is 6.28. The van der Waals surface area contributed by atoms with Crippen LogP contribution < -0.4 is 4.74 Å². The smallest absolute Gasteiger partial charge is 0.223 e. The molecule has 3 nitrogen and oxygen atoms in total. The average molecular weight is 303 g/mol. The number of hydrogen-bond acceptors (Lipinski definition) is 3. The van der Waals surface area contributed by atoms with Crippen molar-refractivity contribution in [3.63, 3.8) is 0 Å². The van der Waals surface area contributed by atoms with Crippen LogP contribution in [0.4, 0.5) is 4.39 Å². The Morgan fingerprint density at radius 3 is 2.76 bits per heavy atom. The summed E-state index contributed by atoms with van der Waals surface area (Å²) in [6.07, 6.45) is 1.48. The van der Waals surface area contributed by atoms with Gasteiger partial charge in [-0.1, -0.05) is 30.3 Å². The van der Waals surface area contributed by atoms with Crippen LogP contribution in [-0.2, 0) is 6.61 Å². The van der Waals surface area contributed by atoms with E-state index in [-0.39, 0.29) is 10.8 Å². The molecular weight excluding hydrogens is 291 g/mol. The van der Waals surface area contributed by atoms with Crippen LogP contribution in [0.15, 0.2) is 42.6 Å². The molecule has 0 N–H and O–H groups in total. The lowest BCUT2D eigenvalue weighted by Gasteiger charge is -2.11. The Kier molecular flexibility index (Phi) is 3.71. The fourth-order valence-corrected chi connectivity index (χ4v) is 2.22. The normalized spacial score (nSPS) is 10.8. The summed E-state index contributed by atoms with van der Waals surface area (Å²) < 4.78 is 19.9. The Morgan fingerprint density at radius 2 is 2.00 bits per heavy atom. The van der Waals surface area contributed by atoms with Gasteiger partial charge in [0.2, 0.25) is 5.28 Å². The number of hydrogen-bond donors (Lipinski definition) is 0. The Bertz CT molecular complexity index is 793. The third kappa shape index (κ3) is 2.81. The number of halogens is 2. The van der Waals surface area contributed by atoms with E-state index in [0.29, 0.717) is 23.3 Å². The molecule has 0 unspecified atom stereocenters. The van der Waals surface area contributed by atoms with Crippen molar-refractivity contribution in [1.82, 2.24) is 9.97 Å². The van der Waals surface area contributed by atoms with Gasteiger partial charge in [0.25, 0.3) is 0 Å². The van der Waals surface area contributed by atoms with Crippen molar-refractivity contribution >= 4 is 22.5 Å². The van der Waals surface area contributed by atoms with Gasteiger partial charge < -0.3 is 4.74 Å². The highest BCUT2D eigenvalue weighted by Crippen LogP contribution is 2.30. The zero-order valence-electron chi connectivity index (χ0n) is 11.3. The molecule has 0 amide bonds. The van der Waals surface area contributed by atoms with Crippen LogP contribution in [0.2, 0.25) is 5.28 Å². The van der Waals surface area contributed by atoms with Crippen LogP contribution in [0, 0.1) is 12.7 Å². The van der Waals surface area contributed by atoms with Gasteiger partial charge in [-0.3, -0.25) is 0 Å². The van der Waals surface area contributed by atoms with Crippen LogP contribution in [0.25, 0.3) is 10.9 Å². The Hall–Kier alpha value is -2.20. The molecule has 0 atom stereocenters. The largest absolute Gasteiger partial charge is 0.488 e. The van der Waals surface area contributed by atoms with Crippen molar-refractivity contribution in [3.8, 4) is 5.75 Å². The molecule has 3 aromatic rings. The van der Waals surface area contributed by atoms with E-state index in [2.05, 4.69) is 9.97 Å². The summed E-state index contributed by atoms with van der Waals surface area (Å²) in [5, 5.41) is 0.527. The molecule has 0 spiro atoms. The van der Waals surface area contributed by atoms with Gasteiger partial charge in [-0.05, 0) is 35.7 Å². The summed E-state index contributed by atoms with van der Waals surface area (Å²) >= 11 is 5.74. The quantitative estimate of drug-likeness (QED) is 0.676. The van der Waals surface area contributed by atoms with Crippen LogP contribution in [-0.4, -0.2) is 9.97 Å². The van der Waals surface area contributed by atoms with Crippen LogP contribution >= 0.6 is 11.6 Å². The highest BCUT2D eigenvalue weighted by atomic mass is 35.5. The summed E-state index contributed by atoms with van der Waals surface area (Å²) in [6, 6.07) is 11.4. The lowest BCUT2D eigenvalue weighted by Crippen LogP contribution is -1.99. The molecule has 2 aromatic carbocycles. The maximum Gasteiger partial charge on any atom is 0.223 e. The third-order valence-corrected chi connectivity index (χ3v) is 3.35. The number of fused-ring (bicyclic) bond motifs is 1. The van der Waals surface area contributed by atoms with E-state index in [1.165, 1.54) is 6.20 Å². The SMILES string of the molecule is Cc1cc(OCc2ccccc2)c2cnc(Cl)nc2c1F. The predicted molar refractivity (Wildman–Crippen MR) is 80.0 cm³/mol. The van der Waals surface area contributed by atoms with Gasteiger partial charge in [0.05, 0.1) is 5.39 Å². The number of rotatable bonds is 3. The number of aryl methyl sites for hydroxylation is 1. The summed E-state index contributed by atoms with van der Waals surface area (Å²) in [6.45, 7) is 2.06. The molecule has 1 aromatic heterocycles. The molecule has 0 saturated carbocycles. The van der Waals surface area contributed by atoms with Gasteiger partial charge in [-0.2, -0.15) is 0 Å². The zero-order chi connectivity index (χ0) is 14.8. The van der Waals surface area contributed by atoms with Gasteiger partial charge in [-0.15, -0.1) is 0 Å². The monoisotopic (exact) mass is 302 g/mol. The lowest BCUT2D eigenvalue weighted by molar-refractivity contribution is 0.309. The first kappa shape index (κ1) is 13.8. The standard InChI is InChI=1S/C16H12ClFN2O/c1-10-7-13(21-9-11-5-3-2-4-6-11)12-8-19-16(17)20-15(12)14(10)18/h2-8H,9H2,1H3. The summed E-state index contributed by atoms with van der Waals surface area (Å²) in [7, 11) is 0. The van der Waals surface area contributed by atoms with E-state index in [4.69, 9.17) is 16.3 Å². The van der Waals surface area contributed by atoms with Gasteiger partial charge in [-0.25, -0.2) is 14.4 Å². The second-order valence-corrected chi connectivity index (χ2v) is 5.02. The van der Waals surface area contributed by atoms with E-state index >= 15 is 0 Å². The van der Waals surface area contributed by atoms with Gasteiger partial charge in [0.1, 0.15) is 17.9 Å². The molecule has 5 heteroatoms. The van der Waals surface area contributed by atoms with Crippen molar-refractivity contribution in [2.75, 3.05) is 0 Å². The first-order chi connectivity index (χ1) is 10.1. The minimum absolute atomic E-state index is 0.0148. The predicted octanol–water partition coefficient (Wildman–Crippen LogP) is 4.31. The zero-order valence-corrected chi connectivity index (χ0v) is 12.1. The molecule has 0 aliphatic heterocycles. The van der Waals surface area contributed by atoms with Gasteiger partial charge >= 0.3 is 0 Å². The van der Waals surface area contributed by atoms with Crippen molar-refractivity contribution in [2.45, 2.75) is 13.5 Å². The van der Waals surface area contributed by atoms with Gasteiger partial charge in [0, 0.05) is 6.20 Å². The van der Waals surface area contributed by atoms with Crippen LogP contribution in [0.1, 0.15) is 11.1 Å². The second kappa shape index (κ2) is 5.66. The molecule has 0 aliphatic carbocycles. The number of benzene rings is 2. The van der Waals surface area contributed by atoms with E-state index in [0.717, 1.165) is 5.56 Å². The molecule has 0 bridgehead atoms. The molecule has 0 aliphatic rings. The number of nitrogens with zero attached hydrogens (tertiary/aromatic N) is 2. The fraction of sp³-hybridized carbons (Fsp3) is 0.125. The molecule has 0 radical (unpaired) electrons. The maximum absolute atomic E-state index is 14.1. The molecule has 0 fully saturated rings. The first-order valence-corrected chi connectivity index (χ1v) is 6.81. The Morgan fingerprint density at radius 1 is 1.24 bits per heavy atom. The maximum atomic E-state index is 14.1. The van der Waals surface area contributed by atoms with Crippen LogP contribution in [0.5, 0.6) is 5.75 Å². The molecule has 0 saturated heterocycles. The summed E-state index contributed by atoms with van der Waals surface area (Å²) in [4.78, 5) is 7.85. The van der Waals surface area contributed by atoms with E-state index in [1.807, 2.05) is 30.3 Å². The number of aromatic nitrogens is 2. The Balaban J connectivity index is 2.00. The van der Waals surface area contributed by atoms with Crippen molar-refractivity contribution in [3.05, 3.63) is 64.8 Å². The summed E-state index contributed by atoms with van der Waals surface area (Å²) in [5.41, 5.74) is 1.67. The minimum atomic E-state index is -0.402. The van der Waals surface area contributed by atoms with E-state index < -0.39 is 5.82 Å². The third-order valence-electron chi connectivity index (χ3n) is 3.16. The minimum Gasteiger partial charge on any atom is -0.488 e. The molecule has 3 rings (SSSR count). The first-order valence-electron chi connectivity index (χ1n) is 6.43. The van der Waals surface area contributed by atoms with Gasteiger partial charge in [0.15, 0.2) is 5.82 Å². The Labute approximate surface area is 126 Å². The highest BCUT2D eigenvalue weighted by Gasteiger charge is 2.13. The number of ether oxygens (including phenoxy) is 1. The molecular formula is C16H12ClFN2O. The van der Waals surface area contributed by atoms with E-state index in [9.17, 15) is 4.39 Å². The van der Waals surface area contributed by atoms with Crippen molar-refractivity contribution in [1.29, 1.82) is 0 Å². The molecule has 1 heterocycles. The average Bonchev–Trinajstić information content (AvgIpc) is 2.50. The lowest BCUT2D eigenvalue weighted by atomic mass is 10.1. The van der Waals surface area contributed by atoms with Crippen molar-refractivity contribution < 1.29 is 9.13 Å². The molecule has 106 valence electrons.